The quantitative estimate of drug-likeness (QED) is 0.488. The van der Waals surface area contributed by atoms with E-state index < -0.39 is 6.10 Å². The molecule has 3 nitrogen and oxygen atoms in total. The Morgan fingerprint density at radius 2 is 1.72 bits per heavy atom. The summed E-state index contributed by atoms with van der Waals surface area (Å²) in [6.07, 6.45) is 6.91. The maximum absolute atomic E-state index is 11.4. The number of hydrogen-bond acceptors (Lipinski definition) is 2. The molecule has 2 N–H and O–H groups in total. The lowest BCUT2D eigenvalue weighted by Gasteiger charge is -2.19. The van der Waals surface area contributed by atoms with Crippen LogP contribution in [0.1, 0.15) is 11.7 Å². The first-order valence-corrected chi connectivity index (χ1v) is 10.3. The lowest BCUT2D eigenvalue weighted by Crippen LogP contribution is -2.13. The van der Waals surface area contributed by atoms with Crippen molar-refractivity contribution in [2.75, 3.05) is 6.54 Å². The fourth-order valence-electron chi connectivity index (χ4n) is 3.64. The Hall–Kier alpha value is -2.17. The molecule has 0 saturated heterocycles. The van der Waals surface area contributed by atoms with Gasteiger partial charge in [0.25, 0.3) is 0 Å². The normalized spacial score (nSPS) is 14.4. The molecule has 0 fully saturated rings. The van der Waals surface area contributed by atoms with Crippen LogP contribution in [0.25, 0.3) is 22.4 Å². The summed E-state index contributed by atoms with van der Waals surface area (Å²) in [6, 6.07) is 13.0. The molecular formula is C23H19Cl3N2O. The van der Waals surface area contributed by atoms with Crippen LogP contribution >= 0.6 is 34.8 Å². The Morgan fingerprint density at radius 1 is 1.00 bits per heavy atom. The van der Waals surface area contributed by atoms with E-state index in [9.17, 15) is 5.11 Å². The minimum absolute atomic E-state index is 0.533. The van der Waals surface area contributed by atoms with Crippen molar-refractivity contribution in [3.63, 3.8) is 0 Å². The summed E-state index contributed by atoms with van der Waals surface area (Å²) in [7, 11) is 1.96. The van der Waals surface area contributed by atoms with Crippen molar-refractivity contribution in [2.45, 2.75) is 6.10 Å². The van der Waals surface area contributed by atoms with Gasteiger partial charge in [-0.05, 0) is 29.8 Å². The van der Waals surface area contributed by atoms with Crippen molar-refractivity contribution in [3.05, 3.63) is 93.2 Å². The molecule has 1 aliphatic rings. The van der Waals surface area contributed by atoms with Gasteiger partial charge in [0.1, 0.15) is 6.10 Å². The zero-order valence-electron chi connectivity index (χ0n) is 15.7. The van der Waals surface area contributed by atoms with E-state index in [-0.39, 0.29) is 0 Å². The largest absolute Gasteiger partial charge is 0.387 e. The molecule has 148 valence electrons. The third kappa shape index (κ3) is 3.96. The summed E-state index contributed by atoms with van der Waals surface area (Å²) in [4.78, 5) is 0. The summed E-state index contributed by atoms with van der Waals surface area (Å²) in [5.41, 5.74) is 5.08. The van der Waals surface area contributed by atoms with Gasteiger partial charge in [-0.25, -0.2) is 0 Å². The van der Waals surface area contributed by atoms with Gasteiger partial charge in [-0.3, -0.25) is 0 Å². The molecule has 0 saturated carbocycles. The van der Waals surface area contributed by atoms with Gasteiger partial charge < -0.3 is 15.0 Å². The highest BCUT2D eigenvalue weighted by Crippen LogP contribution is 2.43. The first kappa shape index (κ1) is 20.1. The van der Waals surface area contributed by atoms with Crippen molar-refractivity contribution in [1.29, 1.82) is 0 Å². The van der Waals surface area contributed by atoms with Gasteiger partial charge in [0.15, 0.2) is 0 Å². The highest BCUT2D eigenvalue weighted by atomic mass is 35.5. The molecule has 29 heavy (non-hydrogen) atoms. The fourth-order valence-corrected chi connectivity index (χ4v) is 4.27. The number of hydrogen-bond donors (Lipinski definition) is 2. The summed E-state index contributed by atoms with van der Waals surface area (Å²) in [6.45, 7) is 0.741. The molecule has 4 rings (SSSR count). The summed E-state index contributed by atoms with van der Waals surface area (Å²) < 4.78 is 2.00. The molecule has 1 aliphatic heterocycles. The van der Waals surface area contributed by atoms with Crippen LogP contribution in [0.4, 0.5) is 0 Å². The summed E-state index contributed by atoms with van der Waals surface area (Å²) in [5.74, 6) is 0. The number of rotatable bonds is 4. The zero-order valence-corrected chi connectivity index (χ0v) is 17.9. The van der Waals surface area contributed by atoms with Crippen molar-refractivity contribution >= 4 is 34.8 Å². The molecule has 0 bridgehead atoms. The number of dihydropyridines is 1. The number of nitrogens with one attached hydrogen (secondary N) is 1. The molecule has 0 radical (unpaired) electrons. The molecule has 3 aromatic rings. The van der Waals surface area contributed by atoms with E-state index in [1.165, 1.54) is 0 Å². The van der Waals surface area contributed by atoms with Crippen LogP contribution < -0.4 is 5.32 Å². The lowest BCUT2D eigenvalue weighted by molar-refractivity contribution is 0.219. The first-order chi connectivity index (χ1) is 14.0. The van der Waals surface area contributed by atoms with Crippen LogP contribution in [0.2, 0.25) is 15.1 Å². The van der Waals surface area contributed by atoms with E-state index in [2.05, 4.69) is 5.32 Å². The SMILES string of the molecule is Cn1cc(-c2ccc(Cl)cc2Cl)c(C(O)C2=CNCC=C2)c1-c1ccc(Cl)cc1. The Kier molecular flexibility index (Phi) is 5.75. The molecule has 2 heterocycles. The third-order valence-corrected chi connectivity index (χ3v) is 5.76. The summed E-state index contributed by atoms with van der Waals surface area (Å²) in [5, 5.41) is 16.3. The van der Waals surface area contributed by atoms with Gasteiger partial charge in [-0.15, -0.1) is 0 Å². The molecule has 1 atom stereocenters. The molecule has 2 aromatic carbocycles. The zero-order chi connectivity index (χ0) is 20.5. The van der Waals surface area contributed by atoms with Gasteiger partial charge in [0.05, 0.1) is 5.69 Å². The molecular weight excluding hydrogens is 427 g/mol. The van der Waals surface area contributed by atoms with Crippen LogP contribution in [-0.4, -0.2) is 16.2 Å². The Labute approximate surface area is 184 Å². The van der Waals surface area contributed by atoms with E-state index in [1.54, 1.807) is 12.1 Å². The second-order valence-electron chi connectivity index (χ2n) is 6.90. The number of aryl methyl sites for hydroxylation is 1. The van der Waals surface area contributed by atoms with Crippen LogP contribution in [-0.2, 0) is 7.05 Å². The van der Waals surface area contributed by atoms with Crippen LogP contribution in [0.15, 0.2) is 72.6 Å². The van der Waals surface area contributed by atoms with Gasteiger partial charge >= 0.3 is 0 Å². The van der Waals surface area contributed by atoms with Gasteiger partial charge in [-0.2, -0.15) is 0 Å². The summed E-state index contributed by atoms with van der Waals surface area (Å²) >= 11 is 18.7. The minimum atomic E-state index is -0.840. The highest BCUT2D eigenvalue weighted by Gasteiger charge is 2.26. The average Bonchev–Trinajstić information content (AvgIpc) is 3.05. The number of nitrogens with zero attached hydrogens (tertiary/aromatic N) is 1. The van der Waals surface area contributed by atoms with E-state index in [0.29, 0.717) is 15.1 Å². The molecule has 0 spiro atoms. The number of aromatic nitrogens is 1. The Morgan fingerprint density at radius 3 is 2.38 bits per heavy atom. The molecule has 1 unspecified atom stereocenters. The second kappa shape index (κ2) is 8.29. The standard InChI is InChI=1S/C23H19Cl3N2O/c1-28-13-19(18-9-8-17(25)11-20(18)26)21(23(29)15-3-2-10-27-12-15)22(28)14-4-6-16(24)7-5-14/h2-9,11-13,23,27,29H,10H2,1H3. The molecule has 0 amide bonds. The highest BCUT2D eigenvalue weighted by molar-refractivity contribution is 6.36. The van der Waals surface area contributed by atoms with Crippen molar-refractivity contribution < 1.29 is 5.11 Å². The molecule has 0 aliphatic carbocycles. The average molecular weight is 446 g/mol. The second-order valence-corrected chi connectivity index (χ2v) is 8.18. The number of aliphatic hydroxyl groups excluding tert-OH is 1. The van der Waals surface area contributed by atoms with Crippen LogP contribution in [0.3, 0.4) is 0 Å². The maximum atomic E-state index is 11.4. The van der Waals surface area contributed by atoms with Gasteiger partial charge in [0.2, 0.25) is 0 Å². The van der Waals surface area contributed by atoms with Crippen molar-refractivity contribution in [1.82, 2.24) is 9.88 Å². The number of halogens is 3. The van der Waals surface area contributed by atoms with E-state index in [1.807, 2.05) is 66.5 Å². The number of benzene rings is 2. The van der Waals surface area contributed by atoms with Crippen LogP contribution in [0.5, 0.6) is 0 Å². The first-order valence-electron chi connectivity index (χ1n) is 9.14. The van der Waals surface area contributed by atoms with E-state index in [0.717, 1.165) is 40.1 Å². The molecule has 1 aromatic heterocycles. The molecule has 6 heteroatoms. The minimum Gasteiger partial charge on any atom is -0.387 e. The lowest BCUT2D eigenvalue weighted by atomic mass is 9.92. The smallest absolute Gasteiger partial charge is 0.108 e. The monoisotopic (exact) mass is 444 g/mol. The predicted molar refractivity (Wildman–Crippen MR) is 122 cm³/mol. The van der Waals surface area contributed by atoms with Gasteiger partial charge in [-0.1, -0.05) is 65.2 Å². The predicted octanol–water partition coefficient (Wildman–Crippen LogP) is 6.40. The van der Waals surface area contributed by atoms with E-state index >= 15 is 0 Å². The Balaban J connectivity index is 1.96. The fraction of sp³-hybridized carbons (Fsp3) is 0.130. The topological polar surface area (TPSA) is 37.2 Å². The van der Waals surface area contributed by atoms with Crippen molar-refractivity contribution in [2.24, 2.45) is 7.05 Å². The van der Waals surface area contributed by atoms with Gasteiger partial charge in [0, 0.05) is 63.3 Å². The maximum Gasteiger partial charge on any atom is 0.108 e. The van der Waals surface area contributed by atoms with Crippen molar-refractivity contribution in [3.8, 4) is 22.4 Å². The Bertz CT molecular complexity index is 1110. The van der Waals surface area contributed by atoms with Crippen LogP contribution in [0, 0.1) is 0 Å². The third-order valence-electron chi connectivity index (χ3n) is 4.96. The van der Waals surface area contributed by atoms with E-state index in [4.69, 9.17) is 34.8 Å². The number of aliphatic hydroxyl groups is 1.